The molecule has 108 valence electrons. The summed E-state index contributed by atoms with van der Waals surface area (Å²) in [7, 11) is 0. The van der Waals surface area contributed by atoms with Gasteiger partial charge in [-0.15, -0.1) is 10.2 Å². The molecule has 0 aliphatic heterocycles. The van der Waals surface area contributed by atoms with Gasteiger partial charge in [-0.1, -0.05) is 6.92 Å². The van der Waals surface area contributed by atoms with Crippen LogP contribution in [0.15, 0.2) is 10.5 Å². The smallest absolute Gasteiger partial charge is 0.271 e. The third-order valence-electron chi connectivity index (χ3n) is 3.17. The highest BCUT2D eigenvalue weighted by molar-refractivity contribution is 5.94. The van der Waals surface area contributed by atoms with Crippen molar-refractivity contribution in [2.45, 2.75) is 40.7 Å². The summed E-state index contributed by atoms with van der Waals surface area (Å²) >= 11 is 0. The maximum absolute atomic E-state index is 12.5. The Kier molecular flexibility index (Phi) is 4.22. The van der Waals surface area contributed by atoms with Gasteiger partial charge >= 0.3 is 0 Å². The van der Waals surface area contributed by atoms with E-state index in [0.29, 0.717) is 37.0 Å². The van der Waals surface area contributed by atoms with Gasteiger partial charge in [-0.05, 0) is 32.4 Å². The number of carbonyl (C=O) groups is 1. The number of amides is 1. The topological polar surface area (TPSA) is 75.0 Å². The first-order valence-corrected chi connectivity index (χ1v) is 6.81. The van der Waals surface area contributed by atoms with E-state index in [-0.39, 0.29) is 5.91 Å². The number of H-pyrrole nitrogens is 1. The summed E-state index contributed by atoms with van der Waals surface area (Å²) in [6.45, 7) is 8.66. The molecule has 1 amide bonds. The molecule has 0 atom stereocenters. The largest absolute Gasteiger partial charge is 0.423 e. The minimum Gasteiger partial charge on any atom is -0.423 e. The Morgan fingerprint density at radius 2 is 2.00 bits per heavy atom. The molecule has 1 N–H and O–H groups in total. The average Bonchev–Trinajstić information content (AvgIpc) is 3.01. The number of nitrogens with zero attached hydrogens (tertiary/aromatic N) is 3. The minimum atomic E-state index is -0.0469. The van der Waals surface area contributed by atoms with E-state index in [9.17, 15) is 4.79 Å². The first kappa shape index (κ1) is 14.3. The molecule has 0 aliphatic carbocycles. The quantitative estimate of drug-likeness (QED) is 0.908. The molecule has 0 bridgehead atoms. The number of aromatic amines is 1. The predicted molar refractivity (Wildman–Crippen MR) is 74.4 cm³/mol. The van der Waals surface area contributed by atoms with Crippen LogP contribution in [0.3, 0.4) is 0 Å². The van der Waals surface area contributed by atoms with Crippen molar-refractivity contribution in [2.24, 2.45) is 0 Å². The molecule has 0 fully saturated rings. The maximum atomic E-state index is 12.5. The summed E-state index contributed by atoms with van der Waals surface area (Å²) in [4.78, 5) is 17.3. The van der Waals surface area contributed by atoms with E-state index in [2.05, 4.69) is 15.2 Å². The van der Waals surface area contributed by atoms with Crippen LogP contribution in [-0.4, -0.2) is 32.5 Å². The first-order chi connectivity index (χ1) is 9.55. The van der Waals surface area contributed by atoms with Crippen molar-refractivity contribution in [1.29, 1.82) is 0 Å². The third kappa shape index (κ3) is 2.89. The molecule has 0 radical (unpaired) electrons. The number of hydrogen-bond acceptors (Lipinski definition) is 4. The molecule has 0 aromatic carbocycles. The fraction of sp³-hybridized carbons (Fsp3) is 0.500. The van der Waals surface area contributed by atoms with Gasteiger partial charge in [0.2, 0.25) is 11.8 Å². The van der Waals surface area contributed by atoms with E-state index in [4.69, 9.17) is 4.42 Å². The van der Waals surface area contributed by atoms with Crippen molar-refractivity contribution in [1.82, 2.24) is 20.1 Å². The highest BCUT2D eigenvalue weighted by Crippen LogP contribution is 2.14. The Morgan fingerprint density at radius 1 is 1.30 bits per heavy atom. The minimum absolute atomic E-state index is 0.0469. The first-order valence-electron chi connectivity index (χ1n) is 6.81. The molecule has 20 heavy (non-hydrogen) atoms. The van der Waals surface area contributed by atoms with Crippen LogP contribution in [0.4, 0.5) is 0 Å². The molecule has 0 saturated heterocycles. The molecule has 2 rings (SSSR count). The van der Waals surface area contributed by atoms with Gasteiger partial charge < -0.3 is 14.3 Å². The van der Waals surface area contributed by atoms with E-state index in [1.807, 2.05) is 33.8 Å². The molecule has 0 aliphatic rings. The third-order valence-corrected chi connectivity index (χ3v) is 3.17. The molecule has 0 unspecified atom stereocenters. The molecule has 6 heteroatoms. The van der Waals surface area contributed by atoms with E-state index >= 15 is 0 Å². The zero-order valence-corrected chi connectivity index (χ0v) is 12.4. The van der Waals surface area contributed by atoms with Gasteiger partial charge in [-0.2, -0.15) is 0 Å². The Balaban J connectivity index is 2.15. The van der Waals surface area contributed by atoms with Crippen molar-refractivity contribution in [3.63, 3.8) is 0 Å². The summed E-state index contributed by atoms with van der Waals surface area (Å²) in [6, 6.07) is 1.96. The normalized spacial score (nSPS) is 10.8. The van der Waals surface area contributed by atoms with Crippen molar-refractivity contribution >= 4 is 5.91 Å². The number of rotatable bonds is 5. The molecule has 2 heterocycles. The van der Waals surface area contributed by atoms with Crippen LogP contribution in [0, 0.1) is 13.8 Å². The lowest BCUT2D eigenvalue weighted by molar-refractivity contribution is 0.0731. The van der Waals surface area contributed by atoms with Crippen LogP contribution >= 0.6 is 0 Å². The summed E-state index contributed by atoms with van der Waals surface area (Å²) in [6.07, 6.45) is 0.696. The zero-order valence-electron chi connectivity index (χ0n) is 12.4. The molecular formula is C14H20N4O2. The molecular weight excluding hydrogens is 256 g/mol. The van der Waals surface area contributed by atoms with Crippen molar-refractivity contribution < 1.29 is 9.21 Å². The summed E-state index contributed by atoms with van der Waals surface area (Å²) in [5.74, 6) is 1.02. The van der Waals surface area contributed by atoms with Gasteiger partial charge in [-0.25, -0.2) is 0 Å². The van der Waals surface area contributed by atoms with Crippen LogP contribution in [-0.2, 0) is 13.0 Å². The van der Waals surface area contributed by atoms with Crippen molar-refractivity contribution in [2.75, 3.05) is 6.54 Å². The second kappa shape index (κ2) is 5.90. The lowest BCUT2D eigenvalue weighted by Gasteiger charge is -2.18. The van der Waals surface area contributed by atoms with Crippen LogP contribution in [0.2, 0.25) is 0 Å². The molecule has 6 nitrogen and oxygen atoms in total. The fourth-order valence-corrected chi connectivity index (χ4v) is 2.09. The zero-order chi connectivity index (χ0) is 14.7. The van der Waals surface area contributed by atoms with Gasteiger partial charge in [0, 0.05) is 18.7 Å². The highest BCUT2D eigenvalue weighted by Gasteiger charge is 2.20. The number of carbonyl (C=O) groups excluding carboxylic acids is 1. The van der Waals surface area contributed by atoms with E-state index in [1.54, 1.807) is 4.90 Å². The monoisotopic (exact) mass is 276 g/mol. The van der Waals surface area contributed by atoms with E-state index < -0.39 is 0 Å². The van der Waals surface area contributed by atoms with Gasteiger partial charge in [0.15, 0.2) is 0 Å². The van der Waals surface area contributed by atoms with Gasteiger partial charge in [0.1, 0.15) is 5.69 Å². The Bertz CT molecular complexity index is 600. The van der Waals surface area contributed by atoms with Crippen molar-refractivity contribution in [3.8, 4) is 0 Å². The van der Waals surface area contributed by atoms with E-state index in [0.717, 1.165) is 11.3 Å². The standard InChI is InChI=1S/C14H20N4O2/c1-5-11-16-17-12(20-11)8-18(6-2)14(19)13-9(3)7-10(4)15-13/h7,15H,5-6,8H2,1-4H3. The number of nitrogens with one attached hydrogen (secondary N) is 1. The van der Waals surface area contributed by atoms with Crippen LogP contribution < -0.4 is 0 Å². The van der Waals surface area contributed by atoms with Gasteiger partial charge in [-0.3, -0.25) is 4.79 Å². The predicted octanol–water partition coefficient (Wildman–Crippen LogP) is 2.24. The number of aryl methyl sites for hydroxylation is 3. The lowest BCUT2D eigenvalue weighted by atomic mass is 10.2. The average molecular weight is 276 g/mol. The molecule has 0 saturated carbocycles. The van der Waals surface area contributed by atoms with Gasteiger partial charge in [0.05, 0.1) is 6.54 Å². The fourth-order valence-electron chi connectivity index (χ4n) is 2.09. The summed E-state index contributed by atoms with van der Waals surface area (Å²) in [5.41, 5.74) is 2.55. The van der Waals surface area contributed by atoms with Crippen molar-refractivity contribution in [3.05, 3.63) is 34.8 Å². The van der Waals surface area contributed by atoms with Crippen LogP contribution in [0.5, 0.6) is 0 Å². The summed E-state index contributed by atoms with van der Waals surface area (Å²) in [5, 5.41) is 7.87. The molecule has 2 aromatic heterocycles. The van der Waals surface area contributed by atoms with Gasteiger partial charge in [0.25, 0.3) is 5.91 Å². The van der Waals surface area contributed by atoms with E-state index in [1.165, 1.54) is 0 Å². The highest BCUT2D eigenvalue weighted by atomic mass is 16.4. The lowest BCUT2D eigenvalue weighted by Crippen LogP contribution is -2.31. The Hall–Kier alpha value is -2.11. The summed E-state index contributed by atoms with van der Waals surface area (Å²) < 4.78 is 5.46. The SMILES string of the molecule is CCc1nnc(CN(CC)C(=O)c2[nH]c(C)cc2C)o1. The number of hydrogen-bond donors (Lipinski definition) is 1. The Labute approximate surface area is 118 Å². The second-order valence-electron chi connectivity index (χ2n) is 4.77. The van der Waals surface area contributed by atoms with Crippen LogP contribution in [0.1, 0.15) is 47.4 Å². The van der Waals surface area contributed by atoms with Crippen LogP contribution in [0.25, 0.3) is 0 Å². The number of aromatic nitrogens is 3. The molecule has 0 spiro atoms. The Morgan fingerprint density at radius 3 is 2.50 bits per heavy atom. The maximum Gasteiger partial charge on any atom is 0.271 e. The second-order valence-corrected chi connectivity index (χ2v) is 4.77. The molecule has 2 aromatic rings.